The van der Waals surface area contributed by atoms with Gasteiger partial charge >= 0.3 is 0 Å². The van der Waals surface area contributed by atoms with E-state index in [0.29, 0.717) is 0 Å². The van der Waals surface area contributed by atoms with Crippen LogP contribution in [-0.4, -0.2) is 11.8 Å². The highest BCUT2D eigenvalue weighted by atomic mass is 16.3. The van der Waals surface area contributed by atoms with Crippen molar-refractivity contribution in [3.05, 3.63) is 210 Å². The lowest BCUT2D eigenvalue weighted by atomic mass is 9.81. The highest BCUT2D eigenvalue weighted by molar-refractivity contribution is 6.20. The van der Waals surface area contributed by atoms with E-state index in [-0.39, 0.29) is 17.9 Å². The van der Waals surface area contributed by atoms with Crippen LogP contribution in [0, 0.1) is 17.2 Å². The van der Waals surface area contributed by atoms with Crippen molar-refractivity contribution >= 4 is 44.0 Å². The molecule has 0 amide bonds. The third-order valence-electron chi connectivity index (χ3n) is 11.6. The molecule has 2 heterocycles. The highest BCUT2D eigenvalue weighted by Crippen LogP contribution is 2.44. The molecule has 6 aromatic carbocycles. The summed E-state index contributed by atoms with van der Waals surface area (Å²) in [6.45, 7) is 4.56. The zero-order valence-electron chi connectivity index (χ0n) is 30.9. The van der Waals surface area contributed by atoms with Gasteiger partial charge in [0.2, 0.25) is 0 Å². The third-order valence-corrected chi connectivity index (χ3v) is 11.6. The fourth-order valence-corrected chi connectivity index (χ4v) is 8.72. The van der Waals surface area contributed by atoms with Crippen LogP contribution in [0.4, 0.5) is 0 Å². The predicted molar refractivity (Wildman–Crippen MR) is 233 cm³/mol. The quantitative estimate of drug-likeness (QED) is 0.172. The largest absolute Gasteiger partial charge is 0.455 e. The molecular weight excluding hydrogens is 681 g/mol. The van der Waals surface area contributed by atoms with Crippen molar-refractivity contribution in [1.29, 1.82) is 5.26 Å². The van der Waals surface area contributed by atoms with Crippen LogP contribution in [0.1, 0.15) is 35.4 Å². The molecule has 3 atom stereocenters. The number of fused-ring (bicyclic) bond motifs is 5. The van der Waals surface area contributed by atoms with Gasteiger partial charge in [0.25, 0.3) is 0 Å². The van der Waals surface area contributed by atoms with Gasteiger partial charge in [0.1, 0.15) is 11.2 Å². The summed E-state index contributed by atoms with van der Waals surface area (Å²) in [5, 5.41) is 14.0. The molecule has 3 aliphatic rings. The molecule has 0 radical (unpaired) electrons. The zero-order chi connectivity index (χ0) is 37.6. The van der Waals surface area contributed by atoms with Gasteiger partial charge in [-0.15, -0.1) is 0 Å². The van der Waals surface area contributed by atoms with Crippen LogP contribution in [0.2, 0.25) is 0 Å². The number of allylic oxidation sites excluding steroid dienone is 8. The molecule has 0 N–H and O–H groups in total. The Morgan fingerprint density at radius 2 is 1.41 bits per heavy atom. The van der Waals surface area contributed by atoms with Crippen LogP contribution in [0.25, 0.3) is 60.5 Å². The van der Waals surface area contributed by atoms with Gasteiger partial charge in [-0.25, -0.2) is 0 Å². The Bertz CT molecular complexity index is 2920. The molecule has 1 aromatic heterocycles. The summed E-state index contributed by atoms with van der Waals surface area (Å²) in [4.78, 5) is 5.31. The molecule has 1 aliphatic heterocycles. The molecule has 56 heavy (non-hydrogen) atoms. The third kappa shape index (κ3) is 5.88. The first kappa shape index (κ1) is 33.5. The van der Waals surface area contributed by atoms with E-state index >= 15 is 0 Å². The molecule has 266 valence electrons. The number of furan rings is 1. The molecule has 0 fully saturated rings. The van der Waals surface area contributed by atoms with Gasteiger partial charge < -0.3 is 4.42 Å². The summed E-state index contributed by atoms with van der Waals surface area (Å²) in [6, 6.07) is 47.7. The number of benzene rings is 6. The van der Waals surface area contributed by atoms with Crippen LogP contribution in [0.15, 0.2) is 203 Å². The summed E-state index contributed by atoms with van der Waals surface area (Å²) in [7, 11) is 0. The number of nitrogens with zero attached hydrogens (tertiary/aromatic N) is 2. The van der Waals surface area contributed by atoms with Crippen LogP contribution >= 0.6 is 0 Å². The Labute approximate surface area is 327 Å². The van der Waals surface area contributed by atoms with Crippen LogP contribution < -0.4 is 0 Å². The van der Waals surface area contributed by atoms with E-state index in [2.05, 4.69) is 176 Å². The Morgan fingerprint density at radius 1 is 0.679 bits per heavy atom. The normalized spacial score (nSPS) is 19.2. The summed E-state index contributed by atoms with van der Waals surface area (Å²) >= 11 is 0. The Hall–Kier alpha value is -7.02. The summed E-state index contributed by atoms with van der Waals surface area (Å²) in [5.41, 5.74) is 13.8. The summed E-state index contributed by atoms with van der Waals surface area (Å²) in [6.07, 6.45) is 18.9. The minimum absolute atomic E-state index is 0.0142. The second-order valence-electron chi connectivity index (χ2n) is 14.9. The lowest BCUT2D eigenvalue weighted by Gasteiger charge is -2.29. The summed E-state index contributed by atoms with van der Waals surface area (Å²) in [5.74, 6) is 0.466. The molecular formula is C53H38N2O. The van der Waals surface area contributed by atoms with Gasteiger partial charge in [0, 0.05) is 33.6 Å². The fraction of sp³-hybridized carbons (Fsp3) is 0.0943. The maximum Gasteiger partial charge on any atom is 0.143 e. The molecule has 10 rings (SSSR count). The monoisotopic (exact) mass is 718 g/mol. The predicted octanol–water partition coefficient (Wildman–Crippen LogP) is 13.5. The van der Waals surface area contributed by atoms with Gasteiger partial charge in [-0.3, -0.25) is 4.99 Å². The number of dihydropyridines is 1. The van der Waals surface area contributed by atoms with E-state index in [9.17, 15) is 5.26 Å². The van der Waals surface area contributed by atoms with Crippen LogP contribution in [0.5, 0.6) is 0 Å². The second kappa shape index (κ2) is 14.0. The standard InChI is InChI=1S/C53H38N2O/c1-34-46(38-11-4-2-5-12-38)32-49(55-52(34)42-13-6-3-7-14-42)41-29-25-37(26-30-41)36-23-27-39(28-24-36)43-17-10-18-50-51(43)48-31-47(40-21-19-35(33-54)20-22-40)44-15-8-9-16-45(44)53(48)56-50/h2-13,15-21,23-32,40,42,52H,1,14,22H2. The first-order valence-corrected chi connectivity index (χ1v) is 19.4. The van der Waals surface area contributed by atoms with Crippen LogP contribution in [-0.2, 0) is 0 Å². The smallest absolute Gasteiger partial charge is 0.143 e. The number of nitriles is 1. The Balaban J connectivity index is 0.987. The van der Waals surface area contributed by atoms with E-state index in [1.54, 1.807) is 0 Å². The maximum atomic E-state index is 9.43. The van der Waals surface area contributed by atoms with Crippen molar-refractivity contribution in [2.24, 2.45) is 10.9 Å². The second-order valence-corrected chi connectivity index (χ2v) is 14.9. The van der Waals surface area contributed by atoms with Gasteiger partial charge in [-0.2, -0.15) is 5.26 Å². The van der Waals surface area contributed by atoms with Crippen molar-refractivity contribution in [1.82, 2.24) is 0 Å². The molecule has 3 unspecified atom stereocenters. The van der Waals surface area contributed by atoms with Crippen LogP contribution in [0.3, 0.4) is 0 Å². The number of hydrogen-bond donors (Lipinski definition) is 0. The lowest BCUT2D eigenvalue weighted by Crippen LogP contribution is -2.25. The SMILES string of the molecule is C=C1C(c2ccccc2)=CC(c2ccc(-c3ccc(-c4cccc5oc6c7ccccc7c(C7C=CC(C#N)=CC7)cc6c45)cc3)cc2)=NC1C1C=CC=CC1. The van der Waals surface area contributed by atoms with Crippen molar-refractivity contribution < 1.29 is 4.42 Å². The van der Waals surface area contributed by atoms with Gasteiger partial charge in [-0.1, -0.05) is 158 Å². The Morgan fingerprint density at radius 3 is 2.12 bits per heavy atom. The molecule has 7 aromatic rings. The molecule has 3 heteroatoms. The minimum Gasteiger partial charge on any atom is -0.455 e. The van der Waals surface area contributed by atoms with E-state index < -0.39 is 0 Å². The van der Waals surface area contributed by atoms with Gasteiger partial charge in [0.05, 0.1) is 17.8 Å². The lowest BCUT2D eigenvalue weighted by molar-refractivity contribution is 0.569. The van der Waals surface area contributed by atoms with Crippen molar-refractivity contribution in [2.45, 2.75) is 24.8 Å². The van der Waals surface area contributed by atoms with Gasteiger partial charge in [0.15, 0.2) is 0 Å². The number of hydrogen-bond acceptors (Lipinski definition) is 3. The van der Waals surface area contributed by atoms with Gasteiger partial charge in [-0.05, 0) is 92.6 Å². The topological polar surface area (TPSA) is 49.3 Å². The average molecular weight is 719 g/mol. The molecule has 0 spiro atoms. The van der Waals surface area contributed by atoms with Crippen molar-refractivity contribution in [2.75, 3.05) is 0 Å². The van der Waals surface area contributed by atoms with E-state index in [1.807, 2.05) is 12.2 Å². The van der Waals surface area contributed by atoms with Crippen molar-refractivity contribution in [3.8, 4) is 28.3 Å². The maximum absolute atomic E-state index is 9.43. The fourth-order valence-electron chi connectivity index (χ4n) is 8.72. The van der Waals surface area contributed by atoms with E-state index in [1.165, 1.54) is 16.5 Å². The van der Waals surface area contributed by atoms with Crippen molar-refractivity contribution in [3.63, 3.8) is 0 Å². The highest BCUT2D eigenvalue weighted by Gasteiger charge is 2.28. The molecule has 0 bridgehead atoms. The zero-order valence-corrected chi connectivity index (χ0v) is 30.9. The molecule has 2 aliphatic carbocycles. The van der Waals surface area contributed by atoms with E-state index in [4.69, 9.17) is 9.41 Å². The van der Waals surface area contributed by atoms with E-state index in [0.717, 1.165) is 90.4 Å². The minimum atomic E-state index is -0.0142. The molecule has 0 saturated heterocycles. The Kier molecular flexibility index (Phi) is 8.38. The first-order chi connectivity index (χ1) is 27.6. The first-order valence-electron chi connectivity index (χ1n) is 19.4. The molecule has 0 saturated carbocycles. The summed E-state index contributed by atoms with van der Waals surface area (Å²) < 4.78 is 6.64. The molecule has 3 nitrogen and oxygen atoms in total. The number of rotatable bonds is 6. The average Bonchev–Trinajstić information content (AvgIpc) is 3.66. The number of aliphatic imine (C=N–C) groups is 1.